The van der Waals surface area contributed by atoms with Crippen LogP contribution in [0.25, 0.3) is 39.5 Å². The number of imidazole rings is 2. The Labute approximate surface area is 244 Å². The zero-order valence-corrected chi connectivity index (χ0v) is 24.4. The third-order valence-electron chi connectivity index (χ3n) is 8.72. The molecule has 0 saturated carbocycles. The van der Waals surface area contributed by atoms with Crippen LogP contribution in [0.3, 0.4) is 0 Å². The summed E-state index contributed by atoms with van der Waals surface area (Å²) < 4.78 is 9.81. The molecule has 0 unspecified atom stereocenters. The van der Waals surface area contributed by atoms with Crippen molar-refractivity contribution < 1.29 is 9.84 Å². The minimum Gasteiger partial charge on any atom is -0.390 e. The second-order valence-corrected chi connectivity index (χ2v) is 11.9. The number of aromatic nitrogens is 7. The van der Waals surface area contributed by atoms with Crippen molar-refractivity contribution in [1.29, 1.82) is 0 Å². The zero-order chi connectivity index (χ0) is 28.8. The smallest absolute Gasteiger partial charge is 0.240 e. The Balaban J connectivity index is 1.34. The van der Waals surface area contributed by atoms with Gasteiger partial charge in [0.2, 0.25) is 5.95 Å². The highest BCUT2D eigenvalue weighted by Crippen LogP contribution is 2.32. The van der Waals surface area contributed by atoms with Gasteiger partial charge in [-0.1, -0.05) is 12.1 Å². The third-order valence-corrected chi connectivity index (χ3v) is 8.72. The zero-order valence-electron chi connectivity index (χ0n) is 24.4. The fraction of sp³-hybridized carbons (Fsp3) is 0.452. The fourth-order valence-electron chi connectivity index (χ4n) is 6.23. The number of pyridine rings is 1. The van der Waals surface area contributed by atoms with Gasteiger partial charge in [0.05, 0.1) is 36.4 Å². The molecule has 11 heteroatoms. The van der Waals surface area contributed by atoms with Gasteiger partial charge < -0.3 is 19.3 Å². The van der Waals surface area contributed by atoms with Gasteiger partial charge in [0.1, 0.15) is 11.6 Å². The van der Waals surface area contributed by atoms with Crippen LogP contribution in [-0.4, -0.2) is 89.1 Å². The Morgan fingerprint density at radius 2 is 1.74 bits per heavy atom. The van der Waals surface area contributed by atoms with E-state index in [-0.39, 0.29) is 0 Å². The van der Waals surface area contributed by atoms with Crippen LogP contribution < -0.4 is 4.90 Å². The standard InChI is InChI=1S/C31H37N9O2/c1-31(2,41)22-10-13-38(14-11-22)20-25-34-26-28(37(25)3)35-30(36-29(26)39-15-17-42-18-16-39)40-24-9-5-4-8-23(24)33-27(40)21-7-6-12-32-19-21/h4-9,12,19,22,41H,10-11,13-18,20H2,1-3H3. The number of para-hydroxylation sites is 2. The van der Waals surface area contributed by atoms with Crippen molar-refractivity contribution in [3.05, 3.63) is 54.6 Å². The maximum absolute atomic E-state index is 10.5. The number of benzene rings is 1. The van der Waals surface area contributed by atoms with Crippen molar-refractivity contribution in [3.8, 4) is 17.3 Å². The Morgan fingerprint density at radius 1 is 0.952 bits per heavy atom. The summed E-state index contributed by atoms with van der Waals surface area (Å²) in [5, 5.41) is 10.5. The Hall–Kier alpha value is -3.93. The second-order valence-electron chi connectivity index (χ2n) is 11.9. The van der Waals surface area contributed by atoms with E-state index in [1.54, 1.807) is 6.20 Å². The first-order valence-electron chi connectivity index (χ1n) is 14.8. The fourth-order valence-corrected chi connectivity index (χ4v) is 6.23. The van der Waals surface area contributed by atoms with Gasteiger partial charge in [0.15, 0.2) is 17.0 Å². The predicted molar refractivity (Wildman–Crippen MR) is 161 cm³/mol. The molecule has 218 valence electrons. The maximum Gasteiger partial charge on any atom is 0.240 e. The van der Waals surface area contributed by atoms with Crippen LogP contribution in [0.5, 0.6) is 0 Å². The van der Waals surface area contributed by atoms with E-state index < -0.39 is 5.60 Å². The number of aliphatic hydroxyl groups is 1. The minimum atomic E-state index is -0.644. The van der Waals surface area contributed by atoms with E-state index in [2.05, 4.69) is 25.4 Å². The quantitative estimate of drug-likeness (QED) is 0.329. The van der Waals surface area contributed by atoms with Gasteiger partial charge in [0, 0.05) is 38.1 Å². The molecule has 2 aliphatic heterocycles. The summed E-state index contributed by atoms with van der Waals surface area (Å²) in [4.78, 5) is 29.5. The number of morpholine rings is 1. The lowest BCUT2D eigenvalue weighted by molar-refractivity contribution is -0.0139. The molecular formula is C31H37N9O2. The highest BCUT2D eigenvalue weighted by molar-refractivity contribution is 5.87. The van der Waals surface area contributed by atoms with Crippen LogP contribution in [0.15, 0.2) is 48.8 Å². The molecule has 2 fully saturated rings. The lowest BCUT2D eigenvalue weighted by atomic mass is 9.83. The molecule has 11 nitrogen and oxygen atoms in total. The van der Waals surface area contributed by atoms with Crippen LogP contribution in [0.1, 0.15) is 32.5 Å². The Kier molecular flexibility index (Phi) is 6.88. The predicted octanol–water partition coefficient (Wildman–Crippen LogP) is 3.58. The molecule has 2 aliphatic rings. The molecule has 0 amide bonds. The van der Waals surface area contributed by atoms with E-state index in [0.29, 0.717) is 25.1 Å². The first-order chi connectivity index (χ1) is 20.4. The number of aryl methyl sites for hydroxylation is 1. The third kappa shape index (κ3) is 4.91. The number of ether oxygens (including phenoxy) is 1. The highest BCUT2D eigenvalue weighted by atomic mass is 16.5. The van der Waals surface area contributed by atoms with Gasteiger partial charge in [0.25, 0.3) is 0 Å². The van der Waals surface area contributed by atoms with Gasteiger partial charge in [-0.05, 0) is 70.0 Å². The largest absolute Gasteiger partial charge is 0.390 e. The lowest BCUT2D eigenvalue weighted by Gasteiger charge is -2.37. The molecule has 0 radical (unpaired) electrons. The molecule has 2 saturated heterocycles. The van der Waals surface area contributed by atoms with Crippen molar-refractivity contribution >= 4 is 28.0 Å². The maximum atomic E-state index is 10.5. The number of piperidine rings is 1. The summed E-state index contributed by atoms with van der Waals surface area (Å²) in [7, 11) is 2.04. The molecule has 6 heterocycles. The number of fused-ring (bicyclic) bond motifs is 2. The molecule has 0 bridgehead atoms. The van der Waals surface area contributed by atoms with E-state index >= 15 is 0 Å². The lowest BCUT2D eigenvalue weighted by Crippen LogP contribution is -2.41. The van der Waals surface area contributed by atoms with E-state index in [9.17, 15) is 5.11 Å². The molecule has 0 spiro atoms. The number of rotatable bonds is 6. The van der Waals surface area contributed by atoms with Crippen LogP contribution in [0.4, 0.5) is 5.82 Å². The number of hydrogen-bond acceptors (Lipinski definition) is 9. The summed E-state index contributed by atoms with van der Waals surface area (Å²) in [6.45, 7) is 9.19. The number of likely N-dealkylation sites (tertiary alicyclic amines) is 1. The number of nitrogens with zero attached hydrogens (tertiary/aromatic N) is 9. The summed E-state index contributed by atoms with van der Waals surface area (Å²) in [5.74, 6) is 3.38. The number of hydrogen-bond donors (Lipinski definition) is 1. The van der Waals surface area contributed by atoms with E-state index in [1.807, 2.05) is 62.0 Å². The average molecular weight is 568 g/mol. The molecule has 0 aliphatic carbocycles. The first-order valence-corrected chi connectivity index (χ1v) is 14.8. The first kappa shape index (κ1) is 26.9. The van der Waals surface area contributed by atoms with Crippen LogP contribution >= 0.6 is 0 Å². The van der Waals surface area contributed by atoms with E-state index in [4.69, 9.17) is 24.7 Å². The second kappa shape index (κ2) is 10.7. The van der Waals surface area contributed by atoms with Crippen molar-refractivity contribution in [2.75, 3.05) is 44.3 Å². The Morgan fingerprint density at radius 3 is 2.48 bits per heavy atom. The van der Waals surface area contributed by atoms with E-state index in [0.717, 1.165) is 90.8 Å². The molecule has 4 aromatic heterocycles. The van der Waals surface area contributed by atoms with E-state index in [1.165, 1.54) is 0 Å². The monoisotopic (exact) mass is 567 g/mol. The van der Waals surface area contributed by atoms with Crippen molar-refractivity contribution in [2.45, 2.75) is 38.8 Å². The molecule has 42 heavy (non-hydrogen) atoms. The summed E-state index contributed by atoms with van der Waals surface area (Å²) in [6, 6.07) is 12.0. The minimum absolute atomic E-state index is 0.314. The Bertz CT molecular complexity index is 1710. The molecule has 0 atom stereocenters. The topological polar surface area (TPSA) is 110 Å². The van der Waals surface area contributed by atoms with Gasteiger partial charge in [-0.3, -0.25) is 14.5 Å². The van der Waals surface area contributed by atoms with Crippen LogP contribution in [-0.2, 0) is 18.3 Å². The van der Waals surface area contributed by atoms with Crippen LogP contribution in [0, 0.1) is 5.92 Å². The van der Waals surface area contributed by atoms with Crippen molar-refractivity contribution in [2.24, 2.45) is 13.0 Å². The van der Waals surface area contributed by atoms with Gasteiger partial charge >= 0.3 is 0 Å². The highest BCUT2D eigenvalue weighted by Gasteiger charge is 2.31. The summed E-state index contributed by atoms with van der Waals surface area (Å²) in [6.07, 6.45) is 5.53. The number of anilines is 1. The van der Waals surface area contributed by atoms with Gasteiger partial charge in [-0.15, -0.1) is 0 Å². The van der Waals surface area contributed by atoms with Crippen LogP contribution in [0.2, 0.25) is 0 Å². The molecule has 5 aromatic rings. The van der Waals surface area contributed by atoms with Crippen molar-refractivity contribution in [1.82, 2.24) is 39.0 Å². The molecule has 7 rings (SSSR count). The SMILES string of the molecule is Cn1c(CN2CCC(C(C)(C)O)CC2)nc2c(N3CCOCC3)nc(-n3c(-c4cccnc4)nc4ccccc43)nc21. The van der Waals surface area contributed by atoms with Gasteiger partial charge in [-0.2, -0.15) is 9.97 Å². The molecular weight excluding hydrogens is 530 g/mol. The summed E-state index contributed by atoms with van der Waals surface area (Å²) in [5.41, 5.74) is 3.64. The van der Waals surface area contributed by atoms with Crippen molar-refractivity contribution in [3.63, 3.8) is 0 Å². The molecule has 1 aromatic carbocycles. The normalized spacial score (nSPS) is 17.5. The van der Waals surface area contributed by atoms with Gasteiger partial charge in [-0.25, -0.2) is 9.97 Å². The summed E-state index contributed by atoms with van der Waals surface area (Å²) >= 11 is 0. The molecule has 1 N–H and O–H groups in total. The average Bonchev–Trinajstić information content (AvgIpc) is 3.55.